The molecule has 0 saturated heterocycles. The van der Waals surface area contributed by atoms with E-state index < -0.39 is 5.97 Å². The van der Waals surface area contributed by atoms with Gasteiger partial charge < -0.3 is 9.84 Å². The van der Waals surface area contributed by atoms with Crippen LogP contribution in [0.5, 0.6) is 11.6 Å². The van der Waals surface area contributed by atoms with Gasteiger partial charge in [-0.3, -0.25) is 4.79 Å². The SMILES string of the molecule is CCCc1cc(Oc2nccc3ccccc23)ccc1CCC(=O)O. The van der Waals surface area contributed by atoms with Gasteiger partial charge in [0.05, 0.1) is 0 Å². The molecule has 0 radical (unpaired) electrons. The third-order valence-corrected chi connectivity index (χ3v) is 4.16. The van der Waals surface area contributed by atoms with Gasteiger partial charge in [-0.25, -0.2) is 4.98 Å². The first kappa shape index (κ1) is 17.0. The molecule has 128 valence electrons. The normalized spacial score (nSPS) is 10.8. The van der Waals surface area contributed by atoms with E-state index in [0.29, 0.717) is 12.3 Å². The van der Waals surface area contributed by atoms with Crippen LogP contribution in [-0.2, 0) is 17.6 Å². The molecule has 0 unspecified atom stereocenters. The minimum absolute atomic E-state index is 0.141. The maximum Gasteiger partial charge on any atom is 0.303 e. The summed E-state index contributed by atoms with van der Waals surface area (Å²) in [6, 6.07) is 15.8. The number of aryl methyl sites for hydroxylation is 2. The maximum absolute atomic E-state index is 10.8. The third-order valence-electron chi connectivity index (χ3n) is 4.16. The van der Waals surface area contributed by atoms with Crippen LogP contribution in [0.1, 0.15) is 30.9 Å². The van der Waals surface area contributed by atoms with Gasteiger partial charge >= 0.3 is 5.97 Å². The molecule has 4 heteroatoms. The number of hydrogen-bond donors (Lipinski definition) is 1. The molecule has 4 nitrogen and oxygen atoms in total. The zero-order valence-corrected chi connectivity index (χ0v) is 14.2. The number of hydrogen-bond acceptors (Lipinski definition) is 3. The lowest BCUT2D eigenvalue weighted by atomic mass is 9.99. The number of benzene rings is 2. The Morgan fingerprint density at radius 2 is 1.92 bits per heavy atom. The summed E-state index contributed by atoms with van der Waals surface area (Å²) in [5.74, 6) is 0.535. The van der Waals surface area contributed by atoms with Crippen molar-refractivity contribution in [1.29, 1.82) is 0 Å². The summed E-state index contributed by atoms with van der Waals surface area (Å²) >= 11 is 0. The van der Waals surface area contributed by atoms with E-state index >= 15 is 0 Å². The molecular formula is C21H21NO3. The predicted octanol–water partition coefficient (Wildman–Crippen LogP) is 5.00. The van der Waals surface area contributed by atoms with E-state index in [1.165, 1.54) is 0 Å². The zero-order chi connectivity index (χ0) is 17.6. The quantitative estimate of drug-likeness (QED) is 0.660. The van der Waals surface area contributed by atoms with Gasteiger partial charge in [0.25, 0.3) is 0 Å². The van der Waals surface area contributed by atoms with Gasteiger partial charge in [-0.2, -0.15) is 0 Å². The Labute approximate surface area is 147 Å². The molecule has 3 rings (SSSR count). The Kier molecular flexibility index (Phi) is 5.29. The van der Waals surface area contributed by atoms with E-state index in [2.05, 4.69) is 11.9 Å². The summed E-state index contributed by atoms with van der Waals surface area (Å²) in [4.78, 5) is 15.2. The van der Waals surface area contributed by atoms with E-state index in [4.69, 9.17) is 9.84 Å². The fraction of sp³-hybridized carbons (Fsp3) is 0.238. The Balaban J connectivity index is 1.89. The van der Waals surface area contributed by atoms with Crippen molar-refractivity contribution in [2.75, 3.05) is 0 Å². The standard InChI is InChI=1S/C21H21NO3/c1-2-5-17-14-18(10-8-15(17)9-11-20(23)24)25-21-19-7-4-3-6-16(19)12-13-22-21/h3-4,6-8,10,12-14H,2,5,9,11H2,1H3,(H,23,24). The Morgan fingerprint density at radius 1 is 1.08 bits per heavy atom. The van der Waals surface area contributed by atoms with Crippen LogP contribution in [0.3, 0.4) is 0 Å². The van der Waals surface area contributed by atoms with Crippen LogP contribution in [-0.4, -0.2) is 16.1 Å². The van der Waals surface area contributed by atoms with Crippen molar-refractivity contribution in [2.24, 2.45) is 0 Å². The van der Waals surface area contributed by atoms with Gasteiger partial charge in [-0.15, -0.1) is 0 Å². The number of aliphatic carboxylic acids is 1. The number of carboxylic acid groups (broad SMARTS) is 1. The third kappa shape index (κ3) is 4.15. The molecule has 0 spiro atoms. The van der Waals surface area contributed by atoms with E-state index in [1.54, 1.807) is 6.20 Å². The molecule has 0 saturated carbocycles. The molecule has 0 amide bonds. The Hall–Kier alpha value is -2.88. The van der Waals surface area contributed by atoms with Crippen LogP contribution < -0.4 is 4.74 Å². The molecular weight excluding hydrogens is 314 g/mol. The summed E-state index contributed by atoms with van der Waals surface area (Å²) in [6.45, 7) is 2.11. The lowest BCUT2D eigenvalue weighted by Crippen LogP contribution is -2.01. The van der Waals surface area contributed by atoms with Crippen LogP contribution in [0.2, 0.25) is 0 Å². The van der Waals surface area contributed by atoms with Crippen molar-refractivity contribution in [1.82, 2.24) is 4.98 Å². The van der Waals surface area contributed by atoms with Gasteiger partial charge in [0.15, 0.2) is 0 Å². The second-order valence-corrected chi connectivity index (χ2v) is 6.01. The van der Waals surface area contributed by atoms with Crippen molar-refractivity contribution >= 4 is 16.7 Å². The van der Waals surface area contributed by atoms with Gasteiger partial charge in [0.1, 0.15) is 5.75 Å². The van der Waals surface area contributed by atoms with Crippen molar-refractivity contribution in [2.45, 2.75) is 32.6 Å². The number of pyridine rings is 1. The zero-order valence-electron chi connectivity index (χ0n) is 14.2. The summed E-state index contributed by atoms with van der Waals surface area (Å²) < 4.78 is 6.03. The lowest BCUT2D eigenvalue weighted by Gasteiger charge is -2.12. The molecule has 1 N–H and O–H groups in total. The highest BCUT2D eigenvalue weighted by Gasteiger charge is 2.09. The van der Waals surface area contributed by atoms with E-state index in [0.717, 1.165) is 40.5 Å². The Bertz CT molecular complexity index is 884. The number of fused-ring (bicyclic) bond motifs is 1. The number of carbonyl (C=O) groups is 1. The highest BCUT2D eigenvalue weighted by molar-refractivity contribution is 5.86. The Morgan fingerprint density at radius 3 is 2.72 bits per heavy atom. The van der Waals surface area contributed by atoms with Crippen LogP contribution in [0, 0.1) is 0 Å². The molecule has 0 aliphatic heterocycles. The highest BCUT2D eigenvalue weighted by atomic mass is 16.5. The molecule has 0 bridgehead atoms. The first-order chi connectivity index (χ1) is 12.2. The number of ether oxygens (including phenoxy) is 1. The second-order valence-electron chi connectivity index (χ2n) is 6.01. The summed E-state index contributed by atoms with van der Waals surface area (Å²) in [5, 5.41) is 11.0. The van der Waals surface area contributed by atoms with Gasteiger partial charge in [-0.05, 0) is 53.6 Å². The average Bonchev–Trinajstić information content (AvgIpc) is 2.61. The average molecular weight is 335 g/mol. The lowest BCUT2D eigenvalue weighted by molar-refractivity contribution is -0.136. The molecule has 0 aliphatic carbocycles. The van der Waals surface area contributed by atoms with E-state index in [1.807, 2.05) is 48.5 Å². The van der Waals surface area contributed by atoms with Gasteiger partial charge in [0.2, 0.25) is 5.88 Å². The molecule has 3 aromatic rings. The fourth-order valence-electron chi connectivity index (χ4n) is 2.94. The highest BCUT2D eigenvalue weighted by Crippen LogP contribution is 2.29. The smallest absolute Gasteiger partial charge is 0.303 e. The second kappa shape index (κ2) is 7.79. The number of rotatable bonds is 7. The molecule has 25 heavy (non-hydrogen) atoms. The monoisotopic (exact) mass is 335 g/mol. The molecule has 1 aromatic heterocycles. The van der Waals surface area contributed by atoms with Crippen LogP contribution >= 0.6 is 0 Å². The van der Waals surface area contributed by atoms with Crippen molar-refractivity contribution in [3.63, 3.8) is 0 Å². The van der Waals surface area contributed by atoms with Crippen LogP contribution in [0.4, 0.5) is 0 Å². The summed E-state index contributed by atoms with van der Waals surface area (Å²) in [5.41, 5.74) is 2.21. The first-order valence-electron chi connectivity index (χ1n) is 8.52. The summed E-state index contributed by atoms with van der Waals surface area (Å²) in [7, 11) is 0. The number of aromatic nitrogens is 1. The molecule has 2 aromatic carbocycles. The molecule has 0 aliphatic rings. The minimum atomic E-state index is -0.775. The minimum Gasteiger partial charge on any atom is -0.481 e. The largest absolute Gasteiger partial charge is 0.481 e. The fourth-order valence-corrected chi connectivity index (χ4v) is 2.94. The molecule has 1 heterocycles. The topological polar surface area (TPSA) is 59.4 Å². The van der Waals surface area contributed by atoms with Crippen LogP contribution in [0.15, 0.2) is 54.7 Å². The number of nitrogens with zero attached hydrogens (tertiary/aromatic N) is 1. The van der Waals surface area contributed by atoms with E-state index in [-0.39, 0.29) is 6.42 Å². The maximum atomic E-state index is 10.8. The van der Waals surface area contributed by atoms with Crippen molar-refractivity contribution < 1.29 is 14.6 Å². The first-order valence-corrected chi connectivity index (χ1v) is 8.52. The van der Waals surface area contributed by atoms with Gasteiger partial charge in [-0.1, -0.05) is 37.6 Å². The van der Waals surface area contributed by atoms with Crippen LogP contribution in [0.25, 0.3) is 10.8 Å². The molecule has 0 atom stereocenters. The molecule has 0 fully saturated rings. The van der Waals surface area contributed by atoms with Gasteiger partial charge in [0, 0.05) is 18.0 Å². The predicted molar refractivity (Wildman–Crippen MR) is 98.2 cm³/mol. The number of carboxylic acids is 1. The van der Waals surface area contributed by atoms with Crippen molar-refractivity contribution in [3.8, 4) is 11.6 Å². The van der Waals surface area contributed by atoms with E-state index in [9.17, 15) is 4.79 Å². The summed E-state index contributed by atoms with van der Waals surface area (Å²) in [6.07, 6.45) is 4.32. The van der Waals surface area contributed by atoms with Crippen molar-refractivity contribution in [3.05, 3.63) is 65.9 Å².